The Labute approximate surface area is 208 Å². The normalized spacial score (nSPS) is 15.5. The number of benzene rings is 2. The van der Waals surface area contributed by atoms with Crippen molar-refractivity contribution in [1.29, 1.82) is 0 Å². The number of aromatic nitrogens is 2. The van der Waals surface area contributed by atoms with Crippen LogP contribution in [-0.4, -0.2) is 60.3 Å². The average molecular weight is 504 g/mol. The number of nitrogens with two attached hydrogens (primary N) is 1. The number of methoxy groups -OCH3 is 1. The van der Waals surface area contributed by atoms with E-state index < -0.39 is 17.7 Å². The molecule has 1 unspecified atom stereocenters. The van der Waals surface area contributed by atoms with Gasteiger partial charge in [-0.15, -0.1) is 11.8 Å². The third-order valence-electron chi connectivity index (χ3n) is 5.82. The molecule has 7 nitrogen and oxygen atoms in total. The highest BCUT2D eigenvalue weighted by Crippen LogP contribution is 2.28. The first kappa shape index (κ1) is 26.7. The molecule has 1 saturated heterocycles. The number of nitrogens with zero attached hydrogens (tertiary/aromatic N) is 3. The Balaban J connectivity index is 0.000000196. The van der Waals surface area contributed by atoms with Crippen LogP contribution in [0.3, 0.4) is 0 Å². The van der Waals surface area contributed by atoms with E-state index in [1.807, 2.05) is 30.5 Å². The molecule has 3 aromatic rings. The molecule has 2 heterocycles. The van der Waals surface area contributed by atoms with Crippen LogP contribution in [0.15, 0.2) is 53.4 Å². The molecule has 1 aliphatic rings. The number of hydrogen-bond acceptors (Lipinski definition) is 5. The number of anilines is 1. The van der Waals surface area contributed by atoms with Crippen LogP contribution in [0.4, 0.5) is 19.4 Å². The molecular formula is C25H31F2N5O2S. The maximum atomic E-state index is 13.1. The van der Waals surface area contributed by atoms with Gasteiger partial charge >= 0.3 is 6.03 Å². The molecule has 10 heteroatoms. The minimum Gasteiger partial charge on any atom is -0.383 e. The highest BCUT2D eigenvalue weighted by Gasteiger charge is 2.24. The second-order valence-corrected chi connectivity index (χ2v) is 9.09. The number of carbonyl (C=O) groups excluding carboxylic acids is 1. The lowest BCUT2D eigenvalue weighted by Gasteiger charge is -2.15. The summed E-state index contributed by atoms with van der Waals surface area (Å²) in [7, 11) is 3.44. The van der Waals surface area contributed by atoms with E-state index in [1.54, 1.807) is 42.7 Å². The van der Waals surface area contributed by atoms with Gasteiger partial charge in [0.05, 0.1) is 12.3 Å². The maximum absolute atomic E-state index is 13.1. The van der Waals surface area contributed by atoms with E-state index >= 15 is 0 Å². The van der Waals surface area contributed by atoms with Gasteiger partial charge in [0.15, 0.2) is 11.6 Å². The summed E-state index contributed by atoms with van der Waals surface area (Å²) in [6.07, 6.45) is 3.03. The monoisotopic (exact) mass is 503 g/mol. The second-order valence-electron chi connectivity index (χ2n) is 8.21. The lowest BCUT2D eigenvalue weighted by molar-refractivity contribution is 0.160. The first-order chi connectivity index (χ1) is 16.8. The molecule has 188 valence electrons. The third-order valence-corrected chi connectivity index (χ3v) is 6.56. The summed E-state index contributed by atoms with van der Waals surface area (Å²) in [5, 5.41) is 6.85. The number of halogens is 2. The summed E-state index contributed by atoms with van der Waals surface area (Å²) in [4.78, 5) is 14.3. The van der Waals surface area contributed by atoms with Crippen LogP contribution in [-0.2, 0) is 11.8 Å². The molecule has 1 aromatic heterocycles. The molecule has 0 aliphatic carbocycles. The van der Waals surface area contributed by atoms with E-state index in [0.717, 1.165) is 42.9 Å². The molecule has 0 saturated carbocycles. The zero-order valence-electron chi connectivity index (χ0n) is 20.1. The SMILES string of the molecule is COCCN1CCC(c2ccc(F)c(F)c2)C1.CSc1ccc(-c2cc(NC(N)=O)n(C)n2)cc1. The van der Waals surface area contributed by atoms with E-state index in [2.05, 4.69) is 15.3 Å². The highest BCUT2D eigenvalue weighted by molar-refractivity contribution is 7.98. The quantitative estimate of drug-likeness (QED) is 0.457. The van der Waals surface area contributed by atoms with Crippen LogP contribution in [0.25, 0.3) is 11.3 Å². The summed E-state index contributed by atoms with van der Waals surface area (Å²) in [5.74, 6) is -0.644. The van der Waals surface area contributed by atoms with Crippen LogP contribution in [0.1, 0.15) is 17.9 Å². The first-order valence-electron chi connectivity index (χ1n) is 11.2. The van der Waals surface area contributed by atoms with Crippen molar-refractivity contribution in [2.24, 2.45) is 12.8 Å². The van der Waals surface area contributed by atoms with Crippen LogP contribution >= 0.6 is 11.8 Å². The van der Waals surface area contributed by atoms with Crippen LogP contribution in [0.2, 0.25) is 0 Å². The number of carbonyl (C=O) groups is 1. The van der Waals surface area contributed by atoms with Gasteiger partial charge in [0.2, 0.25) is 0 Å². The highest BCUT2D eigenvalue weighted by atomic mass is 32.2. The van der Waals surface area contributed by atoms with Gasteiger partial charge in [-0.2, -0.15) is 5.10 Å². The molecule has 1 aliphatic heterocycles. The van der Waals surface area contributed by atoms with Gasteiger partial charge in [-0.25, -0.2) is 13.6 Å². The number of rotatable bonds is 7. The number of urea groups is 1. The van der Waals surface area contributed by atoms with E-state index in [-0.39, 0.29) is 0 Å². The van der Waals surface area contributed by atoms with E-state index in [0.29, 0.717) is 18.3 Å². The van der Waals surface area contributed by atoms with Crippen molar-refractivity contribution in [3.8, 4) is 11.3 Å². The largest absolute Gasteiger partial charge is 0.383 e. The second kappa shape index (κ2) is 12.7. The number of thioether (sulfide) groups is 1. The van der Waals surface area contributed by atoms with Gasteiger partial charge in [0, 0.05) is 43.8 Å². The van der Waals surface area contributed by atoms with Crippen molar-refractivity contribution >= 4 is 23.6 Å². The van der Waals surface area contributed by atoms with E-state index in [1.165, 1.54) is 17.0 Å². The fraction of sp³-hybridized carbons (Fsp3) is 0.360. The number of amides is 2. The zero-order valence-corrected chi connectivity index (χ0v) is 20.9. The molecule has 35 heavy (non-hydrogen) atoms. The van der Waals surface area contributed by atoms with Crippen molar-refractivity contribution in [1.82, 2.24) is 14.7 Å². The Morgan fingerprint density at radius 3 is 2.57 bits per heavy atom. The van der Waals surface area contributed by atoms with Crippen molar-refractivity contribution < 1.29 is 18.3 Å². The predicted octanol–water partition coefficient (Wildman–Crippen LogP) is 4.70. The van der Waals surface area contributed by atoms with Crippen molar-refractivity contribution in [2.75, 3.05) is 44.9 Å². The number of hydrogen-bond donors (Lipinski definition) is 2. The standard InChI is InChI=1S/C13H17F2NO.C12H14N4OS/c1-17-7-6-16-5-4-11(9-16)10-2-3-12(14)13(15)8-10;1-16-11(14-12(13)17)7-10(15-16)8-3-5-9(18-2)6-4-8/h2-3,8,11H,4-7,9H2,1H3;3-7H,1-2H3,(H3,13,14,17). The number of aryl methyl sites for hydroxylation is 1. The maximum Gasteiger partial charge on any atom is 0.317 e. The Bertz CT molecular complexity index is 1120. The summed E-state index contributed by atoms with van der Waals surface area (Å²) in [5.41, 5.74) is 7.78. The lowest BCUT2D eigenvalue weighted by Crippen LogP contribution is -2.24. The minimum atomic E-state index is -0.775. The lowest BCUT2D eigenvalue weighted by atomic mass is 9.98. The summed E-state index contributed by atoms with van der Waals surface area (Å²) >= 11 is 1.69. The number of primary amides is 1. The van der Waals surface area contributed by atoms with Gasteiger partial charge in [0.1, 0.15) is 5.82 Å². The first-order valence-corrected chi connectivity index (χ1v) is 12.4. The molecule has 4 rings (SSSR count). The Kier molecular flexibility index (Phi) is 9.64. The van der Waals surface area contributed by atoms with Gasteiger partial charge in [-0.3, -0.25) is 10.00 Å². The van der Waals surface area contributed by atoms with Crippen molar-refractivity contribution in [2.45, 2.75) is 17.2 Å². The van der Waals surface area contributed by atoms with Gasteiger partial charge in [-0.05, 0) is 55.0 Å². The Morgan fingerprint density at radius 2 is 1.94 bits per heavy atom. The van der Waals surface area contributed by atoms with Crippen LogP contribution in [0, 0.1) is 11.6 Å². The number of nitrogens with one attached hydrogen (secondary N) is 1. The smallest absolute Gasteiger partial charge is 0.317 e. The average Bonchev–Trinajstić information content (AvgIpc) is 3.46. The fourth-order valence-corrected chi connectivity index (χ4v) is 4.32. The van der Waals surface area contributed by atoms with Gasteiger partial charge < -0.3 is 15.4 Å². The molecule has 2 amide bonds. The topological polar surface area (TPSA) is 85.4 Å². The van der Waals surface area contributed by atoms with Gasteiger partial charge in [0.25, 0.3) is 0 Å². The molecule has 0 radical (unpaired) electrons. The number of ether oxygens (including phenoxy) is 1. The predicted molar refractivity (Wildman–Crippen MR) is 136 cm³/mol. The molecule has 0 spiro atoms. The molecule has 1 atom stereocenters. The minimum absolute atomic E-state index is 0.307. The third kappa shape index (κ3) is 7.51. The molecule has 3 N–H and O–H groups in total. The van der Waals surface area contributed by atoms with Crippen molar-refractivity contribution in [3.63, 3.8) is 0 Å². The molecule has 2 aromatic carbocycles. The molecule has 0 bridgehead atoms. The van der Waals surface area contributed by atoms with Crippen LogP contribution in [0.5, 0.6) is 0 Å². The molecule has 1 fully saturated rings. The Hall–Kier alpha value is -2.95. The summed E-state index contributed by atoms with van der Waals surface area (Å²) in [6, 6.07) is 13.5. The van der Waals surface area contributed by atoms with E-state index in [4.69, 9.17) is 10.5 Å². The zero-order chi connectivity index (χ0) is 25.4. The van der Waals surface area contributed by atoms with E-state index in [9.17, 15) is 13.6 Å². The van der Waals surface area contributed by atoms with Crippen LogP contribution < -0.4 is 11.1 Å². The van der Waals surface area contributed by atoms with Gasteiger partial charge in [-0.1, -0.05) is 18.2 Å². The Morgan fingerprint density at radius 1 is 1.20 bits per heavy atom. The molecular weight excluding hydrogens is 472 g/mol. The summed E-state index contributed by atoms with van der Waals surface area (Å²) < 4.78 is 32.6. The van der Waals surface area contributed by atoms with Crippen molar-refractivity contribution in [3.05, 3.63) is 65.7 Å². The number of likely N-dealkylation sites (tertiary alicyclic amines) is 1. The summed E-state index contributed by atoms with van der Waals surface area (Å²) in [6.45, 7) is 3.50. The fourth-order valence-electron chi connectivity index (χ4n) is 3.91.